The molecule has 4 rings (SSSR count). The van der Waals surface area contributed by atoms with Crippen molar-refractivity contribution >= 4 is 35.6 Å². The Morgan fingerprint density at radius 1 is 1.00 bits per heavy atom. The third-order valence-electron chi connectivity index (χ3n) is 7.84. The van der Waals surface area contributed by atoms with Gasteiger partial charge in [0.25, 0.3) is 0 Å². The number of ketones is 1. The number of amides is 2. The lowest BCUT2D eigenvalue weighted by molar-refractivity contribution is -0.129. The largest absolute Gasteiger partial charge is 0.496 e. The third-order valence-corrected chi connectivity index (χ3v) is 7.84. The van der Waals surface area contributed by atoms with Crippen LogP contribution in [0.2, 0.25) is 0 Å². The molecule has 3 aromatic rings. The van der Waals surface area contributed by atoms with Crippen LogP contribution in [-0.4, -0.2) is 65.3 Å². The molecule has 1 aliphatic rings. The van der Waals surface area contributed by atoms with E-state index in [1.807, 2.05) is 56.3 Å². The second-order valence-electron chi connectivity index (χ2n) is 13.0. The number of nitrogens with zero attached hydrogens (tertiary/aromatic N) is 1. The van der Waals surface area contributed by atoms with Gasteiger partial charge in [-0.15, -0.1) is 0 Å². The number of hydrogen-bond donors (Lipinski definition) is 2. The lowest BCUT2D eigenvalue weighted by Gasteiger charge is -2.41. The van der Waals surface area contributed by atoms with Gasteiger partial charge in [-0.3, -0.25) is 14.5 Å². The van der Waals surface area contributed by atoms with Crippen LogP contribution in [0.25, 0.3) is 12.2 Å². The van der Waals surface area contributed by atoms with Gasteiger partial charge in [-0.2, -0.15) is 0 Å². The molecule has 48 heavy (non-hydrogen) atoms. The molecule has 0 aliphatic carbocycles. The molecule has 2 unspecified atom stereocenters. The summed E-state index contributed by atoms with van der Waals surface area (Å²) in [5.41, 5.74) is 1.32. The number of anilines is 1. The number of benzene rings is 3. The van der Waals surface area contributed by atoms with Crippen molar-refractivity contribution in [3.63, 3.8) is 0 Å². The number of rotatable bonds is 12. The van der Waals surface area contributed by atoms with Crippen molar-refractivity contribution in [3.05, 3.63) is 95.1 Å². The molecular formula is C38H44N2O8. The molecule has 10 heteroatoms. The molecule has 0 radical (unpaired) electrons. The first kappa shape index (κ1) is 35.8. The molecule has 0 spiro atoms. The smallest absolute Gasteiger partial charge is 0.408 e. The first-order valence-corrected chi connectivity index (χ1v) is 15.6. The third kappa shape index (κ3) is 8.43. The van der Waals surface area contributed by atoms with Gasteiger partial charge in [0.2, 0.25) is 5.91 Å². The quantitative estimate of drug-likeness (QED) is 0.152. The maximum atomic E-state index is 14.0. The second kappa shape index (κ2) is 14.8. The summed E-state index contributed by atoms with van der Waals surface area (Å²) in [6, 6.07) is 16.7. The lowest BCUT2D eigenvalue weighted by atomic mass is 9.97. The van der Waals surface area contributed by atoms with Crippen LogP contribution in [0, 0.1) is 0 Å². The van der Waals surface area contributed by atoms with E-state index in [0.717, 1.165) is 10.5 Å². The molecule has 2 amide bonds. The Bertz CT molecular complexity index is 1710. The van der Waals surface area contributed by atoms with Crippen molar-refractivity contribution in [3.8, 4) is 17.2 Å². The summed E-state index contributed by atoms with van der Waals surface area (Å²) >= 11 is 0. The summed E-state index contributed by atoms with van der Waals surface area (Å²) in [6.45, 7) is 10.8. The molecule has 3 aromatic carbocycles. The first-order chi connectivity index (χ1) is 22.6. The van der Waals surface area contributed by atoms with Gasteiger partial charge in [-0.05, 0) is 95.2 Å². The maximum absolute atomic E-state index is 14.0. The van der Waals surface area contributed by atoms with Gasteiger partial charge >= 0.3 is 6.09 Å². The lowest BCUT2D eigenvalue weighted by Crippen LogP contribution is -2.59. The topological polar surface area (TPSA) is 124 Å². The number of fused-ring (bicyclic) bond motifs is 1. The van der Waals surface area contributed by atoms with Crippen molar-refractivity contribution in [2.45, 2.75) is 71.4 Å². The van der Waals surface area contributed by atoms with E-state index in [1.54, 1.807) is 71.2 Å². The molecule has 1 heterocycles. The van der Waals surface area contributed by atoms with Gasteiger partial charge in [0.1, 0.15) is 28.9 Å². The Kier molecular flexibility index (Phi) is 11.0. The second-order valence-corrected chi connectivity index (χ2v) is 13.0. The van der Waals surface area contributed by atoms with Crippen molar-refractivity contribution < 1.29 is 38.4 Å². The van der Waals surface area contributed by atoms with E-state index in [2.05, 4.69) is 5.32 Å². The number of carboxylic acid groups (broad SMARTS) is 1. The molecule has 0 bridgehead atoms. The minimum Gasteiger partial charge on any atom is -0.496 e. The van der Waals surface area contributed by atoms with E-state index >= 15 is 0 Å². The Morgan fingerprint density at radius 2 is 1.67 bits per heavy atom. The Balaban J connectivity index is 1.62. The van der Waals surface area contributed by atoms with Crippen molar-refractivity contribution in [1.29, 1.82) is 0 Å². The van der Waals surface area contributed by atoms with Crippen molar-refractivity contribution in [1.82, 2.24) is 4.90 Å². The highest BCUT2D eigenvalue weighted by molar-refractivity contribution is 6.10. The Labute approximate surface area is 282 Å². The number of allylic oxidation sites excluding steroid dienone is 1. The number of ether oxygens (including phenoxy) is 4. The average Bonchev–Trinajstić information content (AvgIpc) is 3.03. The van der Waals surface area contributed by atoms with Gasteiger partial charge < -0.3 is 29.4 Å². The van der Waals surface area contributed by atoms with E-state index in [1.165, 1.54) is 13.2 Å². The van der Waals surface area contributed by atoms with Gasteiger partial charge in [0.15, 0.2) is 5.78 Å². The molecule has 1 aliphatic heterocycles. The zero-order valence-electron chi connectivity index (χ0n) is 28.7. The maximum Gasteiger partial charge on any atom is 0.408 e. The number of carbonyl (C=O) groups is 3. The molecule has 10 nitrogen and oxygen atoms in total. The van der Waals surface area contributed by atoms with Crippen LogP contribution in [0.1, 0.15) is 68.6 Å². The van der Waals surface area contributed by atoms with Crippen LogP contribution >= 0.6 is 0 Å². The van der Waals surface area contributed by atoms with Crippen LogP contribution in [0.4, 0.5) is 10.5 Å². The predicted molar refractivity (Wildman–Crippen MR) is 186 cm³/mol. The summed E-state index contributed by atoms with van der Waals surface area (Å²) in [6.07, 6.45) is 4.78. The summed E-state index contributed by atoms with van der Waals surface area (Å²) in [5, 5.41) is 13.1. The fourth-order valence-electron chi connectivity index (χ4n) is 5.45. The number of hydrogen-bond acceptors (Lipinski definition) is 7. The van der Waals surface area contributed by atoms with Gasteiger partial charge in [-0.1, -0.05) is 42.5 Å². The van der Waals surface area contributed by atoms with Crippen LogP contribution in [0.5, 0.6) is 17.2 Å². The SMILES string of the molecule is COc1ccc(C=CC(=O)c2ccc(OC)c3c2OC(C)(C)C=C3)cc1NC(=O)C(C(C)OCc1ccccc1)N(C(=O)O)C(C)(C)C. The summed E-state index contributed by atoms with van der Waals surface area (Å²) in [4.78, 5) is 41.1. The molecule has 0 fully saturated rings. The van der Waals surface area contributed by atoms with Gasteiger partial charge in [-0.25, -0.2) is 4.79 Å². The highest BCUT2D eigenvalue weighted by Gasteiger charge is 2.41. The van der Waals surface area contributed by atoms with Gasteiger partial charge in [0.05, 0.1) is 43.7 Å². The summed E-state index contributed by atoms with van der Waals surface area (Å²) < 4.78 is 23.2. The standard InChI is InChI=1S/C38H44N2O8/c1-24(47-23-26-12-10-9-11-13-26)33(40(36(43)44)37(2,3)4)35(42)39-29-22-25(15-18-32(29)46-8)14-17-30(41)27-16-19-31(45-7)28-20-21-38(5,6)48-34(27)28/h9-22,24,33H,23H2,1-8H3,(H,39,42)(H,43,44). The molecule has 2 atom stereocenters. The molecule has 254 valence electrons. The van der Waals surface area contributed by atoms with Crippen LogP contribution in [-0.2, 0) is 16.1 Å². The molecule has 0 saturated carbocycles. The molecule has 2 N–H and O–H groups in total. The molecule has 0 saturated heterocycles. The zero-order chi connectivity index (χ0) is 35.2. The average molecular weight is 657 g/mol. The molecule has 0 aromatic heterocycles. The number of methoxy groups -OCH3 is 2. The monoisotopic (exact) mass is 656 g/mol. The summed E-state index contributed by atoms with van der Waals surface area (Å²) in [5.74, 6) is 0.511. The Hall–Kier alpha value is -5.09. The van der Waals surface area contributed by atoms with Crippen LogP contribution < -0.4 is 19.5 Å². The fourth-order valence-corrected chi connectivity index (χ4v) is 5.45. The van der Waals surface area contributed by atoms with E-state index in [9.17, 15) is 19.5 Å². The minimum absolute atomic E-state index is 0.192. The van der Waals surface area contributed by atoms with E-state index < -0.39 is 35.3 Å². The normalized spacial score (nSPS) is 14.8. The summed E-state index contributed by atoms with van der Waals surface area (Å²) in [7, 11) is 3.03. The van der Waals surface area contributed by atoms with E-state index in [4.69, 9.17) is 18.9 Å². The zero-order valence-corrected chi connectivity index (χ0v) is 28.7. The first-order valence-electron chi connectivity index (χ1n) is 15.6. The van der Waals surface area contributed by atoms with Crippen LogP contribution in [0.15, 0.2) is 72.8 Å². The number of carbonyl (C=O) groups excluding carboxylic acids is 2. The highest BCUT2D eigenvalue weighted by Crippen LogP contribution is 2.40. The highest BCUT2D eigenvalue weighted by atomic mass is 16.5. The molecular weight excluding hydrogens is 612 g/mol. The Morgan fingerprint density at radius 3 is 2.29 bits per heavy atom. The minimum atomic E-state index is -1.26. The van der Waals surface area contributed by atoms with E-state index in [-0.39, 0.29) is 12.4 Å². The van der Waals surface area contributed by atoms with E-state index in [0.29, 0.717) is 39.6 Å². The van der Waals surface area contributed by atoms with Gasteiger partial charge in [0, 0.05) is 5.54 Å². The number of nitrogens with one attached hydrogen (secondary N) is 1. The van der Waals surface area contributed by atoms with Crippen molar-refractivity contribution in [2.75, 3.05) is 19.5 Å². The fraction of sp³-hybridized carbons (Fsp3) is 0.342. The predicted octanol–water partition coefficient (Wildman–Crippen LogP) is 7.48. The van der Waals surface area contributed by atoms with Crippen molar-refractivity contribution in [2.24, 2.45) is 0 Å². The van der Waals surface area contributed by atoms with Crippen LogP contribution in [0.3, 0.4) is 0 Å².